The second kappa shape index (κ2) is 11.9. The van der Waals surface area contributed by atoms with Crippen molar-refractivity contribution in [3.8, 4) is 0 Å². The molecule has 1 rings (SSSR count). The van der Waals surface area contributed by atoms with Crippen LogP contribution in [0, 0.1) is 0 Å². The van der Waals surface area contributed by atoms with Crippen LogP contribution in [0.1, 0.15) is 25.8 Å². The fraction of sp³-hybridized carbons (Fsp3) is 0.435. The Labute approximate surface area is 178 Å². The van der Waals surface area contributed by atoms with Crippen LogP contribution >= 0.6 is 0 Å². The zero-order valence-electron chi connectivity index (χ0n) is 18.3. The van der Waals surface area contributed by atoms with Gasteiger partial charge in [-0.15, -0.1) is 0 Å². The first-order chi connectivity index (χ1) is 14.0. The number of ether oxygens (including phenoxy) is 3. The first-order valence-electron chi connectivity index (χ1n) is 9.71. The SMILES string of the molecule is C=C(C)C(=O)OCC(COC(=O)C(=C)C)OC(=O)CC[N+](C)(C)Cc1ccccc1. The van der Waals surface area contributed by atoms with Crippen LogP contribution in [-0.4, -0.2) is 62.3 Å². The molecule has 0 amide bonds. The normalized spacial score (nSPS) is 11.0. The fourth-order valence-electron chi connectivity index (χ4n) is 2.50. The molecule has 164 valence electrons. The average molecular weight is 419 g/mol. The van der Waals surface area contributed by atoms with Crippen LogP contribution in [0.15, 0.2) is 54.6 Å². The van der Waals surface area contributed by atoms with Crippen LogP contribution in [0.25, 0.3) is 0 Å². The first-order valence-corrected chi connectivity index (χ1v) is 9.71. The van der Waals surface area contributed by atoms with Crippen LogP contribution < -0.4 is 0 Å². The molecule has 0 saturated heterocycles. The molecule has 0 aliphatic rings. The quantitative estimate of drug-likeness (QED) is 0.225. The highest BCUT2D eigenvalue weighted by Crippen LogP contribution is 2.11. The molecule has 1 aromatic carbocycles. The molecule has 1 aromatic rings. The maximum Gasteiger partial charge on any atom is 0.333 e. The third kappa shape index (κ3) is 10.0. The largest absolute Gasteiger partial charge is 0.458 e. The lowest BCUT2D eigenvalue weighted by molar-refractivity contribution is -0.903. The Kier molecular flexibility index (Phi) is 9.98. The zero-order chi connectivity index (χ0) is 22.7. The lowest BCUT2D eigenvalue weighted by Crippen LogP contribution is -2.41. The van der Waals surface area contributed by atoms with Crippen molar-refractivity contribution in [3.05, 3.63) is 60.2 Å². The van der Waals surface area contributed by atoms with Crippen molar-refractivity contribution in [1.82, 2.24) is 0 Å². The van der Waals surface area contributed by atoms with Crippen molar-refractivity contribution in [3.63, 3.8) is 0 Å². The Balaban J connectivity index is 2.61. The van der Waals surface area contributed by atoms with Crippen molar-refractivity contribution >= 4 is 17.9 Å². The van der Waals surface area contributed by atoms with E-state index in [2.05, 4.69) is 13.2 Å². The average Bonchev–Trinajstić information content (AvgIpc) is 2.68. The van der Waals surface area contributed by atoms with Gasteiger partial charge >= 0.3 is 17.9 Å². The van der Waals surface area contributed by atoms with Crippen LogP contribution in [0.2, 0.25) is 0 Å². The molecular formula is C23H32NO6+. The van der Waals surface area contributed by atoms with Gasteiger partial charge < -0.3 is 18.7 Å². The van der Waals surface area contributed by atoms with E-state index in [0.29, 0.717) is 11.0 Å². The first kappa shape index (κ1) is 25.1. The smallest absolute Gasteiger partial charge is 0.333 e. The lowest BCUT2D eigenvalue weighted by atomic mass is 10.2. The molecule has 0 heterocycles. The number of quaternary nitrogens is 1. The van der Waals surface area contributed by atoms with Crippen LogP contribution in [-0.2, 0) is 35.1 Å². The third-order valence-electron chi connectivity index (χ3n) is 4.17. The van der Waals surface area contributed by atoms with Crippen molar-refractivity contribution in [2.75, 3.05) is 33.9 Å². The van der Waals surface area contributed by atoms with Gasteiger partial charge in [0.25, 0.3) is 0 Å². The summed E-state index contributed by atoms with van der Waals surface area (Å²) < 4.78 is 16.1. The van der Waals surface area contributed by atoms with Crippen LogP contribution in [0.5, 0.6) is 0 Å². The molecule has 30 heavy (non-hydrogen) atoms. The molecule has 0 aliphatic carbocycles. The Morgan fingerprint density at radius 1 is 0.933 bits per heavy atom. The van der Waals surface area contributed by atoms with Gasteiger partial charge in [-0.05, 0) is 13.8 Å². The molecule has 0 fully saturated rings. The van der Waals surface area contributed by atoms with Crippen molar-refractivity contribution in [2.24, 2.45) is 0 Å². The summed E-state index contributed by atoms with van der Waals surface area (Å²) in [6.07, 6.45) is -0.743. The number of hydrogen-bond acceptors (Lipinski definition) is 6. The molecule has 0 aromatic heterocycles. The number of carbonyl (C=O) groups excluding carboxylic acids is 3. The maximum atomic E-state index is 12.4. The molecule has 0 spiro atoms. The van der Waals surface area contributed by atoms with E-state index in [4.69, 9.17) is 14.2 Å². The number of esters is 3. The minimum absolute atomic E-state index is 0.166. The van der Waals surface area contributed by atoms with Crippen LogP contribution in [0.3, 0.4) is 0 Å². The molecule has 0 aliphatic heterocycles. The van der Waals surface area contributed by atoms with Gasteiger partial charge in [0.2, 0.25) is 0 Å². The second-order valence-corrected chi connectivity index (χ2v) is 7.92. The van der Waals surface area contributed by atoms with E-state index in [1.165, 1.54) is 19.4 Å². The van der Waals surface area contributed by atoms with Gasteiger partial charge in [-0.3, -0.25) is 4.79 Å². The minimum atomic E-state index is -0.908. The van der Waals surface area contributed by atoms with Gasteiger partial charge in [-0.1, -0.05) is 43.5 Å². The van der Waals surface area contributed by atoms with Crippen molar-refractivity contribution in [1.29, 1.82) is 0 Å². The lowest BCUT2D eigenvalue weighted by Gasteiger charge is -2.29. The highest BCUT2D eigenvalue weighted by atomic mass is 16.6. The summed E-state index contributed by atoms with van der Waals surface area (Å²) in [5.74, 6) is -1.68. The maximum absolute atomic E-state index is 12.4. The number of rotatable bonds is 12. The summed E-state index contributed by atoms with van der Waals surface area (Å²) in [5, 5.41) is 0. The molecule has 7 heteroatoms. The van der Waals surface area contributed by atoms with Crippen molar-refractivity contribution < 1.29 is 33.1 Å². The Hall–Kier alpha value is -2.93. The third-order valence-corrected chi connectivity index (χ3v) is 4.17. The number of benzene rings is 1. The monoisotopic (exact) mass is 418 g/mol. The number of carbonyl (C=O) groups is 3. The van der Waals surface area contributed by atoms with Gasteiger partial charge in [0.1, 0.15) is 19.8 Å². The van der Waals surface area contributed by atoms with E-state index in [0.717, 1.165) is 6.54 Å². The number of nitrogens with zero attached hydrogens (tertiary/aromatic N) is 1. The highest BCUT2D eigenvalue weighted by molar-refractivity contribution is 5.87. The summed E-state index contributed by atoms with van der Waals surface area (Å²) in [7, 11) is 4.06. The summed E-state index contributed by atoms with van der Waals surface area (Å²) in [5.41, 5.74) is 1.62. The molecule has 0 saturated carbocycles. The van der Waals surface area contributed by atoms with Crippen LogP contribution in [0.4, 0.5) is 0 Å². The Morgan fingerprint density at radius 2 is 1.43 bits per heavy atom. The molecule has 0 radical (unpaired) electrons. The van der Waals surface area contributed by atoms with Gasteiger partial charge in [-0.25, -0.2) is 9.59 Å². The van der Waals surface area contributed by atoms with E-state index in [1.807, 2.05) is 44.4 Å². The van der Waals surface area contributed by atoms with E-state index < -0.39 is 24.0 Å². The second-order valence-electron chi connectivity index (χ2n) is 7.92. The minimum Gasteiger partial charge on any atom is -0.458 e. The summed E-state index contributed by atoms with van der Waals surface area (Å²) >= 11 is 0. The summed E-state index contributed by atoms with van der Waals surface area (Å²) in [4.78, 5) is 35.6. The number of hydrogen-bond donors (Lipinski definition) is 0. The molecule has 7 nitrogen and oxygen atoms in total. The van der Waals surface area contributed by atoms with Gasteiger partial charge in [0, 0.05) is 16.7 Å². The molecule has 0 bridgehead atoms. The standard InChI is InChI=1S/C23H32NO6/c1-17(2)22(26)28-15-20(16-29-23(27)18(3)4)30-21(25)12-13-24(5,6)14-19-10-8-7-9-11-19/h7-11,20H,1,3,12-16H2,2,4-6H3/q+1. The Morgan fingerprint density at radius 3 is 1.90 bits per heavy atom. The molecule has 0 unspecified atom stereocenters. The van der Waals surface area contributed by atoms with Gasteiger partial charge in [0.15, 0.2) is 6.10 Å². The van der Waals surface area contributed by atoms with E-state index in [1.54, 1.807) is 0 Å². The molecule has 0 atom stereocenters. The summed E-state index contributed by atoms with van der Waals surface area (Å²) in [6, 6.07) is 10.0. The molecule has 0 N–H and O–H groups in total. The summed E-state index contributed by atoms with van der Waals surface area (Å²) in [6.45, 7) is 10.9. The van der Waals surface area contributed by atoms with Gasteiger partial charge in [-0.2, -0.15) is 0 Å². The predicted octanol–water partition coefficient (Wildman–Crippen LogP) is 2.80. The van der Waals surface area contributed by atoms with E-state index in [-0.39, 0.29) is 30.8 Å². The van der Waals surface area contributed by atoms with E-state index in [9.17, 15) is 14.4 Å². The van der Waals surface area contributed by atoms with Gasteiger partial charge in [0.05, 0.1) is 27.1 Å². The molecular weight excluding hydrogens is 386 g/mol. The fourth-order valence-corrected chi connectivity index (χ4v) is 2.50. The highest BCUT2D eigenvalue weighted by Gasteiger charge is 2.23. The Bertz CT molecular complexity index is 739. The zero-order valence-corrected chi connectivity index (χ0v) is 18.3. The van der Waals surface area contributed by atoms with E-state index >= 15 is 0 Å². The predicted molar refractivity (Wildman–Crippen MR) is 113 cm³/mol. The topological polar surface area (TPSA) is 78.9 Å². The van der Waals surface area contributed by atoms with Crippen molar-refractivity contribution in [2.45, 2.75) is 32.9 Å².